The summed E-state index contributed by atoms with van der Waals surface area (Å²) in [7, 11) is 2.22. The molecule has 14 heavy (non-hydrogen) atoms. The van der Waals surface area contributed by atoms with E-state index in [0.717, 1.165) is 13.0 Å². The normalized spacial score (nSPS) is 33.2. The molecule has 84 valence electrons. The second-order valence-electron chi connectivity index (χ2n) is 4.74. The van der Waals surface area contributed by atoms with Gasteiger partial charge in [0.2, 0.25) is 0 Å². The second kappa shape index (κ2) is 5.10. The fourth-order valence-electron chi connectivity index (χ4n) is 2.23. The van der Waals surface area contributed by atoms with Gasteiger partial charge in [-0.1, -0.05) is 0 Å². The molecule has 3 nitrogen and oxygen atoms in total. The fourth-order valence-corrected chi connectivity index (χ4v) is 2.23. The molecule has 1 aliphatic heterocycles. The van der Waals surface area contributed by atoms with Gasteiger partial charge in [0, 0.05) is 31.2 Å². The Bertz CT molecular complexity index is 160. The van der Waals surface area contributed by atoms with Crippen LogP contribution in [0.1, 0.15) is 27.2 Å². The topological polar surface area (TPSA) is 32.5 Å². The minimum absolute atomic E-state index is 0.638. The Morgan fingerprint density at radius 1 is 1.29 bits per heavy atom. The number of piperazine rings is 1. The van der Waals surface area contributed by atoms with Crippen molar-refractivity contribution in [1.29, 1.82) is 0 Å². The third-order valence-corrected chi connectivity index (χ3v) is 3.60. The molecule has 1 saturated heterocycles. The molecule has 1 heterocycles. The molecular formula is C11H25N3. The lowest BCUT2D eigenvalue weighted by Gasteiger charge is -2.44. The highest BCUT2D eigenvalue weighted by Gasteiger charge is 2.28. The molecule has 1 rings (SSSR count). The molecule has 1 unspecified atom stereocenters. The van der Waals surface area contributed by atoms with E-state index in [-0.39, 0.29) is 0 Å². The van der Waals surface area contributed by atoms with Crippen LogP contribution in [0.5, 0.6) is 0 Å². The molecule has 0 spiro atoms. The van der Waals surface area contributed by atoms with Gasteiger partial charge in [0.1, 0.15) is 0 Å². The molecule has 3 heteroatoms. The predicted molar refractivity (Wildman–Crippen MR) is 61.4 cm³/mol. The third kappa shape index (κ3) is 2.69. The van der Waals surface area contributed by atoms with Gasteiger partial charge in [-0.2, -0.15) is 0 Å². The number of rotatable bonds is 3. The maximum Gasteiger partial charge on any atom is 0.0195 e. The molecule has 0 bridgehead atoms. The quantitative estimate of drug-likeness (QED) is 0.728. The molecule has 0 aliphatic carbocycles. The summed E-state index contributed by atoms with van der Waals surface area (Å²) < 4.78 is 0. The van der Waals surface area contributed by atoms with E-state index in [4.69, 9.17) is 5.73 Å². The summed E-state index contributed by atoms with van der Waals surface area (Å²) >= 11 is 0. The van der Waals surface area contributed by atoms with E-state index in [2.05, 4.69) is 37.6 Å². The molecule has 0 aromatic rings. The van der Waals surface area contributed by atoms with Crippen molar-refractivity contribution in [2.75, 3.05) is 26.7 Å². The lowest BCUT2D eigenvalue weighted by atomic mass is 10.1. The standard InChI is InChI=1S/C11H25N3/c1-9(5-6-12)14-7-10(2)13(4)11(3)8-14/h9-11H,5-8,12H2,1-4H3/t9?,10-,11+. The summed E-state index contributed by atoms with van der Waals surface area (Å²) in [5, 5.41) is 0. The van der Waals surface area contributed by atoms with Gasteiger partial charge in [0.25, 0.3) is 0 Å². The maximum atomic E-state index is 5.60. The van der Waals surface area contributed by atoms with Crippen LogP contribution >= 0.6 is 0 Å². The van der Waals surface area contributed by atoms with Crippen LogP contribution in [-0.4, -0.2) is 54.6 Å². The molecular weight excluding hydrogens is 174 g/mol. The van der Waals surface area contributed by atoms with Crippen molar-refractivity contribution < 1.29 is 0 Å². The van der Waals surface area contributed by atoms with Crippen LogP contribution in [0.25, 0.3) is 0 Å². The van der Waals surface area contributed by atoms with Gasteiger partial charge >= 0.3 is 0 Å². The number of hydrogen-bond acceptors (Lipinski definition) is 3. The summed E-state index contributed by atoms with van der Waals surface area (Å²) in [5.41, 5.74) is 5.60. The summed E-state index contributed by atoms with van der Waals surface area (Å²) in [6.07, 6.45) is 1.11. The van der Waals surface area contributed by atoms with Crippen molar-refractivity contribution in [2.24, 2.45) is 5.73 Å². The van der Waals surface area contributed by atoms with Gasteiger partial charge in [0.15, 0.2) is 0 Å². The first-order valence-corrected chi connectivity index (χ1v) is 5.72. The first kappa shape index (κ1) is 12.0. The highest BCUT2D eigenvalue weighted by Crippen LogP contribution is 2.16. The maximum absolute atomic E-state index is 5.60. The van der Waals surface area contributed by atoms with Crippen molar-refractivity contribution in [3.8, 4) is 0 Å². The van der Waals surface area contributed by atoms with Gasteiger partial charge in [-0.15, -0.1) is 0 Å². The first-order chi connectivity index (χ1) is 6.56. The number of hydrogen-bond donors (Lipinski definition) is 1. The van der Waals surface area contributed by atoms with E-state index >= 15 is 0 Å². The Labute approximate surface area is 88.2 Å². The van der Waals surface area contributed by atoms with Crippen LogP contribution < -0.4 is 5.73 Å². The number of likely N-dealkylation sites (N-methyl/N-ethyl adjacent to an activating group) is 1. The van der Waals surface area contributed by atoms with Gasteiger partial charge < -0.3 is 5.73 Å². The van der Waals surface area contributed by atoms with Crippen LogP contribution in [0.3, 0.4) is 0 Å². The van der Waals surface area contributed by atoms with Crippen LogP contribution in [0.15, 0.2) is 0 Å². The van der Waals surface area contributed by atoms with Gasteiger partial charge in [0.05, 0.1) is 0 Å². The van der Waals surface area contributed by atoms with Crippen molar-refractivity contribution >= 4 is 0 Å². The third-order valence-electron chi connectivity index (χ3n) is 3.60. The van der Waals surface area contributed by atoms with E-state index in [1.165, 1.54) is 13.1 Å². The van der Waals surface area contributed by atoms with E-state index < -0.39 is 0 Å². The highest BCUT2D eigenvalue weighted by molar-refractivity contribution is 4.85. The van der Waals surface area contributed by atoms with Gasteiger partial charge in [-0.25, -0.2) is 0 Å². The lowest BCUT2D eigenvalue weighted by molar-refractivity contribution is 0.0366. The number of nitrogens with zero attached hydrogens (tertiary/aromatic N) is 2. The zero-order valence-electron chi connectivity index (χ0n) is 10.0. The highest BCUT2D eigenvalue weighted by atomic mass is 15.3. The molecule has 0 saturated carbocycles. The smallest absolute Gasteiger partial charge is 0.0195 e. The fraction of sp³-hybridized carbons (Fsp3) is 1.00. The van der Waals surface area contributed by atoms with Crippen molar-refractivity contribution in [3.05, 3.63) is 0 Å². The predicted octanol–water partition coefficient (Wildman–Crippen LogP) is 0.748. The van der Waals surface area contributed by atoms with E-state index in [9.17, 15) is 0 Å². The minimum atomic E-state index is 0.638. The van der Waals surface area contributed by atoms with Crippen molar-refractivity contribution in [2.45, 2.75) is 45.3 Å². The van der Waals surface area contributed by atoms with Crippen LogP contribution in [-0.2, 0) is 0 Å². The zero-order valence-corrected chi connectivity index (χ0v) is 10.0. The Hall–Kier alpha value is -0.120. The monoisotopic (exact) mass is 199 g/mol. The van der Waals surface area contributed by atoms with Crippen molar-refractivity contribution in [1.82, 2.24) is 9.80 Å². The summed E-state index contributed by atoms with van der Waals surface area (Å²) in [5.74, 6) is 0. The first-order valence-electron chi connectivity index (χ1n) is 5.72. The Balaban J connectivity index is 2.48. The zero-order chi connectivity index (χ0) is 10.7. The Morgan fingerprint density at radius 2 is 1.79 bits per heavy atom. The van der Waals surface area contributed by atoms with Gasteiger partial charge in [-0.05, 0) is 40.8 Å². The molecule has 3 atom stereocenters. The summed E-state index contributed by atoms with van der Waals surface area (Å²) in [6, 6.07) is 1.97. The molecule has 2 N–H and O–H groups in total. The lowest BCUT2D eigenvalue weighted by Crippen LogP contribution is -2.57. The summed E-state index contributed by atoms with van der Waals surface area (Å²) in [6.45, 7) is 10.1. The van der Waals surface area contributed by atoms with Crippen molar-refractivity contribution in [3.63, 3.8) is 0 Å². The molecule has 0 aromatic carbocycles. The molecule has 0 amide bonds. The Morgan fingerprint density at radius 3 is 2.21 bits per heavy atom. The minimum Gasteiger partial charge on any atom is -0.330 e. The average Bonchev–Trinajstić information content (AvgIpc) is 2.13. The molecule has 1 fully saturated rings. The van der Waals surface area contributed by atoms with E-state index in [1.807, 2.05) is 0 Å². The van der Waals surface area contributed by atoms with Crippen LogP contribution in [0.2, 0.25) is 0 Å². The Kier molecular flexibility index (Phi) is 4.35. The van der Waals surface area contributed by atoms with Crippen LogP contribution in [0.4, 0.5) is 0 Å². The molecule has 0 aromatic heterocycles. The van der Waals surface area contributed by atoms with E-state index in [0.29, 0.717) is 18.1 Å². The average molecular weight is 199 g/mol. The van der Waals surface area contributed by atoms with Crippen LogP contribution in [0, 0.1) is 0 Å². The van der Waals surface area contributed by atoms with Gasteiger partial charge in [-0.3, -0.25) is 9.80 Å². The second-order valence-corrected chi connectivity index (χ2v) is 4.74. The molecule has 1 aliphatic rings. The number of nitrogens with two attached hydrogens (primary N) is 1. The molecule has 0 radical (unpaired) electrons. The van der Waals surface area contributed by atoms with E-state index in [1.54, 1.807) is 0 Å². The summed E-state index contributed by atoms with van der Waals surface area (Å²) in [4.78, 5) is 5.04. The SMILES string of the molecule is CC(CCN)N1C[C@@H](C)N(C)[C@@H](C)C1. The largest absolute Gasteiger partial charge is 0.330 e.